The van der Waals surface area contributed by atoms with E-state index in [0.29, 0.717) is 12.5 Å². The lowest BCUT2D eigenvalue weighted by atomic mass is 10.2. The van der Waals surface area contributed by atoms with Crippen molar-refractivity contribution in [2.24, 2.45) is 0 Å². The second-order valence-electron chi connectivity index (χ2n) is 6.01. The zero-order valence-electron chi connectivity index (χ0n) is 13.4. The van der Waals surface area contributed by atoms with Gasteiger partial charge < -0.3 is 30.5 Å². The van der Waals surface area contributed by atoms with Crippen LogP contribution >= 0.6 is 0 Å². The van der Waals surface area contributed by atoms with Gasteiger partial charge in [0, 0.05) is 0 Å². The summed E-state index contributed by atoms with van der Waals surface area (Å²) < 4.78 is 5.85. The number of hydrogen-bond acceptors (Lipinski definition) is 8. The number of anilines is 3. The SMILES string of the molecule is CCCC(CO)Nc1ncnc2c1NCN2C1CCC(CO)O1. The molecule has 23 heavy (non-hydrogen) atoms. The number of ether oxygens (including phenoxy) is 1. The largest absolute Gasteiger partial charge is 0.394 e. The molecular weight excluding hydrogens is 298 g/mol. The van der Waals surface area contributed by atoms with E-state index < -0.39 is 0 Å². The molecule has 4 N–H and O–H groups in total. The number of aliphatic hydroxyl groups is 2. The number of aromatic nitrogens is 2. The minimum Gasteiger partial charge on any atom is -0.394 e. The Balaban J connectivity index is 1.75. The molecule has 0 amide bonds. The molecule has 1 aromatic heterocycles. The van der Waals surface area contributed by atoms with E-state index in [1.165, 1.54) is 6.33 Å². The number of nitrogens with zero attached hydrogens (tertiary/aromatic N) is 3. The average Bonchev–Trinajstić information content (AvgIpc) is 3.21. The maximum Gasteiger partial charge on any atom is 0.161 e. The van der Waals surface area contributed by atoms with Crippen LogP contribution in [0.25, 0.3) is 0 Å². The van der Waals surface area contributed by atoms with E-state index in [1.807, 2.05) is 0 Å². The molecule has 0 radical (unpaired) electrons. The van der Waals surface area contributed by atoms with Gasteiger partial charge in [-0.05, 0) is 19.3 Å². The second-order valence-corrected chi connectivity index (χ2v) is 6.01. The second kappa shape index (κ2) is 7.29. The summed E-state index contributed by atoms with van der Waals surface area (Å²) in [6.07, 6.45) is 4.95. The van der Waals surface area contributed by atoms with Crippen molar-refractivity contribution in [2.45, 2.75) is 51.0 Å². The molecule has 3 atom stereocenters. The number of fused-ring (bicyclic) bond motifs is 1. The van der Waals surface area contributed by atoms with Gasteiger partial charge in [0.05, 0.1) is 32.0 Å². The highest BCUT2D eigenvalue weighted by atomic mass is 16.5. The highest BCUT2D eigenvalue weighted by Crippen LogP contribution is 2.38. The maximum atomic E-state index is 9.47. The van der Waals surface area contributed by atoms with Crippen LogP contribution in [0.2, 0.25) is 0 Å². The molecule has 2 aliphatic heterocycles. The van der Waals surface area contributed by atoms with Gasteiger partial charge in [-0.15, -0.1) is 0 Å². The molecule has 1 saturated heterocycles. The predicted molar refractivity (Wildman–Crippen MR) is 87.4 cm³/mol. The molecule has 0 aromatic carbocycles. The Morgan fingerprint density at radius 1 is 1.43 bits per heavy atom. The van der Waals surface area contributed by atoms with E-state index in [2.05, 4.69) is 32.4 Å². The zero-order chi connectivity index (χ0) is 16.2. The first kappa shape index (κ1) is 16.2. The van der Waals surface area contributed by atoms with Gasteiger partial charge in [0.1, 0.15) is 18.2 Å². The highest BCUT2D eigenvalue weighted by Gasteiger charge is 2.35. The zero-order valence-corrected chi connectivity index (χ0v) is 13.4. The van der Waals surface area contributed by atoms with Crippen LogP contribution in [-0.4, -0.2) is 58.4 Å². The molecule has 0 bridgehead atoms. The van der Waals surface area contributed by atoms with Crippen LogP contribution in [0.1, 0.15) is 32.6 Å². The van der Waals surface area contributed by atoms with Crippen molar-refractivity contribution in [1.82, 2.24) is 9.97 Å². The standard InChI is InChI=1S/C15H25N5O3/c1-2-3-10(6-21)19-14-13-15(17-8-16-14)20(9-18-13)12-5-4-11(7-22)23-12/h8,10-12,18,21-22H,2-7,9H2,1H3,(H,16,17,19). The summed E-state index contributed by atoms with van der Waals surface area (Å²) in [5.74, 6) is 1.51. The summed E-state index contributed by atoms with van der Waals surface area (Å²) in [5.41, 5.74) is 0.845. The van der Waals surface area contributed by atoms with E-state index in [-0.39, 0.29) is 31.6 Å². The van der Waals surface area contributed by atoms with Crippen molar-refractivity contribution < 1.29 is 14.9 Å². The fourth-order valence-corrected chi connectivity index (χ4v) is 3.14. The molecule has 0 aliphatic carbocycles. The lowest BCUT2D eigenvalue weighted by molar-refractivity contribution is 0.0115. The van der Waals surface area contributed by atoms with Crippen LogP contribution < -0.4 is 15.5 Å². The summed E-state index contributed by atoms with van der Waals surface area (Å²) in [7, 11) is 0. The molecule has 1 aromatic rings. The number of rotatable bonds is 7. The third-order valence-electron chi connectivity index (χ3n) is 4.36. The Morgan fingerprint density at radius 3 is 3.00 bits per heavy atom. The van der Waals surface area contributed by atoms with Gasteiger partial charge in [-0.2, -0.15) is 0 Å². The first-order valence-electron chi connectivity index (χ1n) is 8.26. The van der Waals surface area contributed by atoms with Gasteiger partial charge in [-0.3, -0.25) is 0 Å². The number of nitrogens with one attached hydrogen (secondary N) is 2. The molecule has 3 heterocycles. The Hall–Kier alpha value is -1.64. The van der Waals surface area contributed by atoms with Gasteiger partial charge >= 0.3 is 0 Å². The Kier molecular flexibility index (Phi) is 5.14. The van der Waals surface area contributed by atoms with E-state index >= 15 is 0 Å². The monoisotopic (exact) mass is 323 g/mol. The molecule has 8 nitrogen and oxygen atoms in total. The third-order valence-corrected chi connectivity index (χ3v) is 4.36. The average molecular weight is 323 g/mol. The van der Waals surface area contributed by atoms with Crippen LogP contribution in [-0.2, 0) is 4.74 Å². The van der Waals surface area contributed by atoms with Gasteiger partial charge in [0.15, 0.2) is 11.6 Å². The van der Waals surface area contributed by atoms with Crippen molar-refractivity contribution in [3.63, 3.8) is 0 Å². The van der Waals surface area contributed by atoms with Crippen LogP contribution in [0.3, 0.4) is 0 Å². The highest BCUT2D eigenvalue weighted by molar-refractivity contribution is 5.81. The molecule has 8 heteroatoms. The molecule has 3 rings (SSSR count). The predicted octanol–water partition coefficient (Wildman–Crippen LogP) is 0.736. The van der Waals surface area contributed by atoms with E-state index in [1.54, 1.807) is 0 Å². The van der Waals surface area contributed by atoms with Crippen LogP contribution in [0.15, 0.2) is 6.33 Å². The summed E-state index contributed by atoms with van der Waals surface area (Å²) >= 11 is 0. The van der Waals surface area contributed by atoms with Crippen LogP contribution in [0.5, 0.6) is 0 Å². The lowest BCUT2D eigenvalue weighted by Crippen LogP contribution is -2.35. The summed E-state index contributed by atoms with van der Waals surface area (Å²) in [6.45, 7) is 2.81. The third kappa shape index (κ3) is 3.34. The van der Waals surface area contributed by atoms with Crippen LogP contribution in [0, 0.1) is 0 Å². The minimum atomic E-state index is -0.0909. The Morgan fingerprint density at radius 2 is 2.30 bits per heavy atom. The van der Waals surface area contributed by atoms with Crippen molar-refractivity contribution in [2.75, 3.05) is 35.4 Å². The van der Waals surface area contributed by atoms with Crippen molar-refractivity contribution >= 4 is 17.3 Å². The molecule has 1 fully saturated rings. The van der Waals surface area contributed by atoms with E-state index in [0.717, 1.165) is 37.2 Å². The quantitative estimate of drug-likeness (QED) is 0.582. The molecule has 0 spiro atoms. The molecular formula is C15H25N5O3. The fraction of sp³-hybridized carbons (Fsp3) is 0.733. The van der Waals surface area contributed by atoms with Gasteiger partial charge in [0.25, 0.3) is 0 Å². The Bertz CT molecular complexity index is 530. The number of hydrogen-bond donors (Lipinski definition) is 4. The molecule has 2 aliphatic rings. The van der Waals surface area contributed by atoms with Gasteiger partial charge in [-0.25, -0.2) is 9.97 Å². The van der Waals surface area contributed by atoms with E-state index in [9.17, 15) is 10.2 Å². The molecule has 0 saturated carbocycles. The smallest absolute Gasteiger partial charge is 0.161 e. The van der Waals surface area contributed by atoms with Crippen molar-refractivity contribution in [3.8, 4) is 0 Å². The lowest BCUT2D eigenvalue weighted by Gasteiger charge is -2.24. The van der Waals surface area contributed by atoms with Crippen molar-refractivity contribution in [1.29, 1.82) is 0 Å². The van der Waals surface area contributed by atoms with Gasteiger partial charge in [0.2, 0.25) is 0 Å². The normalized spacial score (nSPS) is 24.4. The minimum absolute atomic E-state index is 0.0173. The fourth-order valence-electron chi connectivity index (χ4n) is 3.14. The first-order chi connectivity index (χ1) is 11.3. The number of aliphatic hydroxyl groups excluding tert-OH is 2. The molecule has 3 unspecified atom stereocenters. The Labute approximate surface area is 135 Å². The summed E-state index contributed by atoms with van der Waals surface area (Å²) in [6, 6.07) is -0.0173. The van der Waals surface area contributed by atoms with Gasteiger partial charge in [-0.1, -0.05) is 13.3 Å². The van der Waals surface area contributed by atoms with E-state index in [4.69, 9.17) is 4.74 Å². The topological polar surface area (TPSA) is 103 Å². The maximum absolute atomic E-state index is 9.47. The summed E-state index contributed by atoms with van der Waals surface area (Å²) in [5, 5.41) is 25.3. The first-order valence-corrected chi connectivity index (χ1v) is 8.26. The van der Waals surface area contributed by atoms with Crippen molar-refractivity contribution in [3.05, 3.63) is 6.33 Å². The molecule has 128 valence electrons. The summed E-state index contributed by atoms with van der Waals surface area (Å²) in [4.78, 5) is 10.8. The van der Waals surface area contributed by atoms with Crippen LogP contribution in [0.4, 0.5) is 17.3 Å².